The lowest BCUT2D eigenvalue weighted by Crippen LogP contribution is -1.87. The Morgan fingerprint density at radius 1 is 1.08 bits per heavy atom. The zero-order chi connectivity index (χ0) is 17.6. The molecule has 0 aliphatic heterocycles. The highest BCUT2D eigenvalue weighted by molar-refractivity contribution is 6.01. The number of phenols is 1. The van der Waals surface area contributed by atoms with Gasteiger partial charge >= 0.3 is 0 Å². The zero-order valence-corrected chi connectivity index (χ0v) is 15.0. The van der Waals surface area contributed by atoms with Gasteiger partial charge in [-0.05, 0) is 42.7 Å². The summed E-state index contributed by atoms with van der Waals surface area (Å²) in [6.45, 7) is 2.23. The lowest BCUT2D eigenvalue weighted by Gasteiger charge is -2.03. The molecule has 0 atom stereocenters. The minimum Gasteiger partial charge on any atom is -0.504 e. The van der Waals surface area contributed by atoms with E-state index in [2.05, 4.69) is 6.92 Å². The third-order valence-corrected chi connectivity index (χ3v) is 3.90. The van der Waals surface area contributed by atoms with Crippen LogP contribution in [0.5, 0.6) is 11.5 Å². The molecule has 0 aliphatic rings. The van der Waals surface area contributed by atoms with Gasteiger partial charge in [0.15, 0.2) is 17.3 Å². The molecule has 0 aliphatic carbocycles. The molecular formula is C21H30O3. The number of carbonyl (C=O) groups excluding carboxylic acids is 1. The van der Waals surface area contributed by atoms with Crippen LogP contribution in [0, 0.1) is 0 Å². The molecule has 0 aromatic heterocycles. The first-order valence-corrected chi connectivity index (χ1v) is 8.93. The number of carbonyl (C=O) groups is 1. The summed E-state index contributed by atoms with van der Waals surface area (Å²) in [5, 5.41) is 9.53. The molecule has 1 aromatic carbocycles. The maximum absolute atomic E-state index is 11.8. The van der Waals surface area contributed by atoms with Gasteiger partial charge in [0, 0.05) is 0 Å². The van der Waals surface area contributed by atoms with Crippen LogP contribution in [0.25, 0.3) is 6.08 Å². The smallest absolute Gasteiger partial charge is 0.178 e. The molecule has 0 heterocycles. The normalized spacial score (nSPS) is 11.4. The van der Waals surface area contributed by atoms with Crippen LogP contribution in [0.15, 0.2) is 36.4 Å². The molecule has 0 unspecified atom stereocenters. The summed E-state index contributed by atoms with van der Waals surface area (Å²) >= 11 is 0. The number of unbranched alkanes of at least 4 members (excludes halogenated alkanes) is 7. The van der Waals surface area contributed by atoms with Gasteiger partial charge in [0.2, 0.25) is 0 Å². The number of phenolic OH excluding ortho intramolecular Hbond substituents is 1. The Kier molecular flexibility index (Phi) is 10.3. The van der Waals surface area contributed by atoms with Gasteiger partial charge in [-0.2, -0.15) is 0 Å². The first-order chi connectivity index (χ1) is 11.7. The maximum atomic E-state index is 11.8. The first-order valence-electron chi connectivity index (χ1n) is 8.93. The third-order valence-electron chi connectivity index (χ3n) is 3.90. The van der Waals surface area contributed by atoms with Gasteiger partial charge in [-0.15, -0.1) is 0 Å². The van der Waals surface area contributed by atoms with E-state index >= 15 is 0 Å². The lowest BCUT2D eigenvalue weighted by molar-refractivity contribution is -0.110. The fourth-order valence-corrected chi connectivity index (χ4v) is 2.45. The fourth-order valence-electron chi connectivity index (χ4n) is 2.45. The van der Waals surface area contributed by atoms with E-state index in [4.69, 9.17) is 4.74 Å². The zero-order valence-electron chi connectivity index (χ0n) is 15.0. The van der Waals surface area contributed by atoms with Gasteiger partial charge in [-0.3, -0.25) is 4.79 Å². The number of hydrogen-bond acceptors (Lipinski definition) is 3. The number of aromatic hydroxyl groups is 1. The molecule has 132 valence electrons. The van der Waals surface area contributed by atoms with Crippen molar-refractivity contribution in [3.63, 3.8) is 0 Å². The number of benzene rings is 1. The largest absolute Gasteiger partial charge is 0.504 e. The van der Waals surface area contributed by atoms with Crippen LogP contribution in [0.2, 0.25) is 0 Å². The van der Waals surface area contributed by atoms with Crippen LogP contribution in [0.1, 0.15) is 63.9 Å². The monoisotopic (exact) mass is 330 g/mol. The van der Waals surface area contributed by atoms with Crippen molar-refractivity contribution >= 4 is 11.9 Å². The predicted octanol–water partition coefficient (Wildman–Crippen LogP) is 5.68. The SMILES string of the molecule is CCCCCCCCC/C=C/C(=O)/C=C\c1ccc(O)c(OC)c1. The van der Waals surface area contributed by atoms with Crippen LogP contribution in [-0.4, -0.2) is 18.0 Å². The Balaban J connectivity index is 2.25. The van der Waals surface area contributed by atoms with Crippen LogP contribution >= 0.6 is 0 Å². The molecule has 0 fully saturated rings. The van der Waals surface area contributed by atoms with Crippen molar-refractivity contribution in [1.82, 2.24) is 0 Å². The van der Waals surface area contributed by atoms with Gasteiger partial charge in [0.1, 0.15) is 0 Å². The van der Waals surface area contributed by atoms with Gasteiger partial charge < -0.3 is 9.84 Å². The van der Waals surface area contributed by atoms with E-state index in [1.165, 1.54) is 51.7 Å². The maximum Gasteiger partial charge on any atom is 0.178 e. The predicted molar refractivity (Wildman–Crippen MR) is 100 cm³/mol. The number of rotatable bonds is 12. The molecule has 1 N–H and O–H groups in total. The summed E-state index contributed by atoms with van der Waals surface area (Å²) < 4.78 is 5.04. The van der Waals surface area contributed by atoms with Crippen molar-refractivity contribution in [2.45, 2.75) is 58.3 Å². The van der Waals surface area contributed by atoms with Crippen LogP contribution in [0.3, 0.4) is 0 Å². The van der Waals surface area contributed by atoms with Gasteiger partial charge in [0.25, 0.3) is 0 Å². The fraction of sp³-hybridized carbons (Fsp3) is 0.476. The molecule has 24 heavy (non-hydrogen) atoms. The topological polar surface area (TPSA) is 46.5 Å². The van der Waals surface area contributed by atoms with E-state index in [1.54, 1.807) is 30.4 Å². The second-order valence-corrected chi connectivity index (χ2v) is 5.98. The van der Waals surface area contributed by atoms with Crippen LogP contribution in [-0.2, 0) is 4.79 Å². The Morgan fingerprint density at radius 2 is 1.79 bits per heavy atom. The number of methoxy groups -OCH3 is 1. The van der Waals surface area contributed by atoms with Gasteiger partial charge in [-0.1, -0.05) is 63.7 Å². The van der Waals surface area contributed by atoms with E-state index in [0.29, 0.717) is 5.75 Å². The second-order valence-electron chi connectivity index (χ2n) is 5.98. The molecule has 0 radical (unpaired) electrons. The Labute approximate surface area is 146 Å². The number of ether oxygens (including phenoxy) is 1. The van der Waals surface area contributed by atoms with Crippen molar-refractivity contribution in [1.29, 1.82) is 0 Å². The molecule has 1 aromatic rings. The highest BCUT2D eigenvalue weighted by Gasteiger charge is 2.00. The van der Waals surface area contributed by atoms with E-state index in [9.17, 15) is 9.90 Å². The molecular weight excluding hydrogens is 300 g/mol. The van der Waals surface area contributed by atoms with E-state index in [1.807, 2.05) is 6.08 Å². The molecule has 3 nitrogen and oxygen atoms in total. The molecule has 0 saturated carbocycles. The van der Waals surface area contributed by atoms with E-state index < -0.39 is 0 Å². The number of hydrogen-bond donors (Lipinski definition) is 1. The minimum atomic E-state index is -0.0232. The summed E-state index contributed by atoms with van der Waals surface area (Å²) in [6.07, 6.45) is 16.8. The van der Waals surface area contributed by atoms with Gasteiger partial charge in [0.05, 0.1) is 7.11 Å². The molecule has 1 rings (SSSR count). The Morgan fingerprint density at radius 3 is 2.50 bits per heavy atom. The minimum absolute atomic E-state index is 0.0232. The standard InChI is InChI=1S/C21H30O3/c1-3-4-5-6-7-8-9-10-11-12-19(22)15-13-18-14-16-20(23)21(17-18)24-2/h11-17,23H,3-10H2,1-2H3/b12-11+,15-13-. The molecule has 3 heteroatoms. The highest BCUT2D eigenvalue weighted by Crippen LogP contribution is 2.26. The Bertz CT molecular complexity index is 544. The molecule has 0 amide bonds. The second kappa shape index (κ2) is 12.4. The molecule has 0 spiro atoms. The Hall–Kier alpha value is -2.03. The van der Waals surface area contributed by atoms with Crippen molar-refractivity contribution in [3.05, 3.63) is 42.0 Å². The van der Waals surface area contributed by atoms with Crippen molar-refractivity contribution in [2.24, 2.45) is 0 Å². The summed E-state index contributed by atoms with van der Waals surface area (Å²) in [7, 11) is 1.50. The quantitative estimate of drug-likeness (QED) is 0.396. The first kappa shape index (κ1) is 20.0. The van der Waals surface area contributed by atoms with E-state index in [-0.39, 0.29) is 11.5 Å². The summed E-state index contributed by atoms with van der Waals surface area (Å²) in [5.74, 6) is 0.472. The van der Waals surface area contributed by atoms with Crippen LogP contribution in [0.4, 0.5) is 0 Å². The number of allylic oxidation sites excluding steroid dienone is 3. The van der Waals surface area contributed by atoms with Gasteiger partial charge in [-0.25, -0.2) is 0 Å². The molecule has 0 saturated heterocycles. The molecule has 0 bridgehead atoms. The lowest BCUT2D eigenvalue weighted by atomic mass is 10.1. The van der Waals surface area contributed by atoms with Crippen LogP contribution < -0.4 is 4.74 Å². The number of ketones is 1. The summed E-state index contributed by atoms with van der Waals surface area (Å²) in [4.78, 5) is 11.8. The van der Waals surface area contributed by atoms with Crippen molar-refractivity contribution in [2.75, 3.05) is 7.11 Å². The highest BCUT2D eigenvalue weighted by atomic mass is 16.5. The average Bonchev–Trinajstić information content (AvgIpc) is 2.59. The third kappa shape index (κ3) is 8.56. The average molecular weight is 330 g/mol. The summed E-state index contributed by atoms with van der Waals surface area (Å²) in [6, 6.07) is 4.99. The van der Waals surface area contributed by atoms with Crippen molar-refractivity contribution < 1.29 is 14.6 Å². The van der Waals surface area contributed by atoms with Crippen molar-refractivity contribution in [3.8, 4) is 11.5 Å². The summed E-state index contributed by atoms with van der Waals surface area (Å²) in [5.41, 5.74) is 0.818. The van der Waals surface area contributed by atoms with E-state index in [0.717, 1.165) is 18.4 Å².